The number of amides is 1. The smallest absolute Gasteiger partial charge is 0.257 e. The molecule has 6 heteroatoms. The fraction of sp³-hybridized carbons (Fsp3) is 0.300. The van der Waals surface area contributed by atoms with Crippen molar-refractivity contribution in [3.8, 4) is 11.5 Å². The van der Waals surface area contributed by atoms with E-state index in [-0.39, 0.29) is 12.5 Å². The maximum absolute atomic E-state index is 11.9. The van der Waals surface area contributed by atoms with Crippen LogP contribution in [-0.2, 0) is 11.2 Å². The van der Waals surface area contributed by atoms with Gasteiger partial charge in [0.25, 0.3) is 5.91 Å². The number of aryl methyl sites for hydroxylation is 1. The summed E-state index contributed by atoms with van der Waals surface area (Å²) in [7, 11) is 0. The number of benzene rings is 1. The third kappa shape index (κ3) is 4.53. The number of nitrogens with zero attached hydrogens (tertiary/aromatic N) is 2. The van der Waals surface area contributed by atoms with Gasteiger partial charge < -0.3 is 19.2 Å². The molecule has 0 aliphatic carbocycles. The Morgan fingerprint density at radius 3 is 2.54 bits per heavy atom. The third-order valence-electron chi connectivity index (χ3n) is 3.95. The van der Waals surface area contributed by atoms with Crippen molar-refractivity contribution in [2.45, 2.75) is 20.3 Å². The summed E-state index contributed by atoms with van der Waals surface area (Å²) >= 11 is 0. The van der Waals surface area contributed by atoms with Crippen molar-refractivity contribution in [1.29, 1.82) is 0 Å². The SMILES string of the molecule is CCOc1ccc(OCC(=O)NCCc2cn3c(C)cccc3n2)cc1. The molecular formula is C20H23N3O3. The molecule has 1 aromatic carbocycles. The number of ether oxygens (including phenoxy) is 2. The molecule has 3 rings (SSSR count). The maximum Gasteiger partial charge on any atom is 0.257 e. The molecule has 0 radical (unpaired) electrons. The first-order valence-electron chi connectivity index (χ1n) is 8.71. The summed E-state index contributed by atoms with van der Waals surface area (Å²) in [6.45, 7) is 5.10. The number of hydrogen-bond acceptors (Lipinski definition) is 4. The van der Waals surface area contributed by atoms with Gasteiger partial charge in [0.15, 0.2) is 6.61 Å². The normalized spacial score (nSPS) is 10.7. The lowest BCUT2D eigenvalue weighted by Gasteiger charge is -2.08. The second-order valence-corrected chi connectivity index (χ2v) is 5.92. The van der Waals surface area contributed by atoms with Gasteiger partial charge in [-0.2, -0.15) is 0 Å². The first-order valence-corrected chi connectivity index (χ1v) is 8.71. The molecule has 2 aromatic heterocycles. The summed E-state index contributed by atoms with van der Waals surface area (Å²) in [5, 5.41) is 2.85. The van der Waals surface area contributed by atoms with Gasteiger partial charge in [0, 0.05) is 24.9 Å². The van der Waals surface area contributed by atoms with E-state index < -0.39 is 0 Å². The summed E-state index contributed by atoms with van der Waals surface area (Å²) in [6.07, 6.45) is 2.68. The van der Waals surface area contributed by atoms with E-state index in [1.165, 1.54) is 0 Å². The van der Waals surface area contributed by atoms with Gasteiger partial charge in [0.05, 0.1) is 12.3 Å². The van der Waals surface area contributed by atoms with Gasteiger partial charge in [0.1, 0.15) is 17.1 Å². The van der Waals surface area contributed by atoms with Crippen LogP contribution in [0.25, 0.3) is 5.65 Å². The molecule has 0 saturated carbocycles. The van der Waals surface area contributed by atoms with Crippen LogP contribution in [0.3, 0.4) is 0 Å². The molecule has 0 saturated heterocycles. The molecule has 2 heterocycles. The van der Waals surface area contributed by atoms with Crippen molar-refractivity contribution < 1.29 is 14.3 Å². The lowest BCUT2D eigenvalue weighted by molar-refractivity contribution is -0.123. The molecule has 0 fully saturated rings. The predicted octanol–water partition coefficient (Wildman–Crippen LogP) is 2.78. The van der Waals surface area contributed by atoms with Crippen molar-refractivity contribution in [3.63, 3.8) is 0 Å². The Hall–Kier alpha value is -3.02. The highest BCUT2D eigenvalue weighted by Crippen LogP contribution is 2.17. The van der Waals surface area contributed by atoms with Gasteiger partial charge in [-0.25, -0.2) is 4.98 Å². The van der Waals surface area contributed by atoms with Gasteiger partial charge in [-0.1, -0.05) is 6.07 Å². The molecule has 1 N–H and O–H groups in total. The van der Waals surface area contributed by atoms with Gasteiger partial charge in [0.2, 0.25) is 0 Å². The number of carbonyl (C=O) groups is 1. The zero-order valence-corrected chi connectivity index (χ0v) is 15.1. The minimum atomic E-state index is -0.154. The summed E-state index contributed by atoms with van der Waals surface area (Å²) in [5.41, 5.74) is 3.01. The molecule has 136 valence electrons. The van der Waals surface area contributed by atoms with Crippen LogP contribution in [0.4, 0.5) is 0 Å². The third-order valence-corrected chi connectivity index (χ3v) is 3.95. The van der Waals surface area contributed by atoms with Gasteiger partial charge in [-0.3, -0.25) is 4.79 Å². The molecule has 0 aliphatic heterocycles. The van der Waals surface area contributed by atoms with Crippen LogP contribution in [0.2, 0.25) is 0 Å². The Kier molecular flexibility index (Phi) is 5.73. The zero-order valence-electron chi connectivity index (χ0n) is 15.1. The highest BCUT2D eigenvalue weighted by Gasteiger charge is 2.06. The number of pyridine rings is 1. The summed E-state index contributed by atoms with van der Waals surface area (Å²) in [4.78, 5) is 16.5. The Morgan fingerprint density at radius 2 is 1.85 bits per heavy atom. The van der Waals surface area contributed by atoms with E-state index in [0.717, 1.165) is 22.8 Å². The van der Waals surface area contributed by atoms with Crippen LogP contribution in [0.15, 0.2) is 48.7 Å². The van der Waals surface area contributed by atoms with Crippen molar-refractivity contribution in [3.05, 3.63) is 60.0 Å². The lowest BCUT2D eigenvalue weighted by Crippen LogP contribution is -2.30. The van der Waals surface area contributed by atoms with E-state index in [1.54, 1.807) is 12.1 Å². The molecule has 6 nitrogen and oxygen atoms in total. The predicted molar refractivity (Wildman–Crippen MR) is 99.7 cm³/mol. The van der Waals surface area contributed by atoms with Crippen molar-refractivity contribution in [1.82, 2.24) is 14.7 Å². The van der Waals surface area contributed by atoms with Gasteiger partial charge in [-0.15, -0.1) is 0 Å². The number of imidazole rings is 1. The fourth-order valence-corrected chi connectivity index (χ4v) is 2.65. The number of nitrogens with one attached hydrogen (secondary N) is 1. The first-order chi connectivity index (χ1) is 12.7. The van der Waals surface area contributed by atoms with Crippen molar-refractivity contribution in [2.75, 3.05) is 19.8 Å². The van der Waals surface area contributed by atoms with E-state index in [2.05, 4.69) is 10.3 Å². The number of carbonyl (C=O) groups excluding carboxylic acids is 1. The van der Waals surface area contributed by atoms with Crippen LogP contribution in [-0.4, -0.2) is 35.1 Å². The average molecular weight is 353 g/mol. The Morgan fingerprint density at radius 1 is 1.12 bits per heavy atom. The van der Waals surface area contributed by atoms with E-state index >= 15 is 0 Å². The number of rotatable bonds is 8. The largest absolute Gasteiger partial charge is 0.494 e. The van der Waals surface area contributed by atoms with Crippen LogP contribution in [0.1, 0.15) is 18.3 Å². The summed E-state index contributed by atoms with van der Waals surface area (Å²) < 4.78 is 12.9. The molecule has 1 amide bonds. The monoisotopic (exact) mass is 353 g/mol. The first kappa shape index (κ1) is 17.8. The zero-order chi connectivity index (χ0) is 18.4. The van der Waals surface area contributed by atoms with Crippen LogP contribution < -0.4 is 14.8 Å². The molecule has 0 unspecified atom stereocenters. The standard InChI is InChI=1S/C20H23N3O3/c1-3-25-17-7-9-18(10-8-17)26-14-20(24)21-12-11-16-13-23-15(2)5-4-6-19(23)22-16/h4-10,13H,3,11-12,14H2,1-2H3,(H,21,24). The van der Waals surface area contributed by atoms with Crippen molar-refractivity contribution >= 4 is 11.6 Å². The molecule has 26 heavy (non-hydrogen) atoms. The Balaban J connectivity index is 1.42. The van der Waals surface area contributed by atoms with Gasteiger partial charge in [-0.05, 0) is 50.2 Å². The average Bonchev–Trinajstić information content (AvgIpc) is 3.06. The van der Waals surface area contributed by atoms with Gasteiger partial charge >= 0.3 is 0 Å². The minimum absolute atomic E-state index is 0.0156. The summed E-state index contributed by atoms with van der Waals surface area (Å²) in [5.74, 6) is 1.27. The van der Waals surface area contributed by atoms with E-state index in [0.29, 0.717) is 25.3 Å². The molecule has 0 aliphatic rings. The highest BCUT2D eigenvalue weighted by molar-refractivity contribution is 5.77. The number of fused-ring (bicyclic) bond motifs is 1. The van der Waals surface area contributed by atoms with Crippen LogP contribution in [0, 0.1) is 6.92 Å². The molecule has 0 atom stereocenters. The second kappa shape index (κ2) is 8.38. The van der Waals surface area contributed by atoms with Crippen LogP contribution >= 0.6 is 0 Å². The van der Waals surface area contributed by atoms with E-state index in [1.807, 2.05) is 54.8 Å². The van der Waals surface area contributed by atoms with E-state index in [9.17, 15) is 4.79 Å². The lowest BCUT2D eigenvalue weighted by atomic mass is 10.3. The highest BCUT2D eigenvalue weighted by atomic mass is 16.5. The topological polar surface area (TPSA) is 64.9 Å². The number of hydrogen-bond donors (Lipinski definition) is 1. The molecule has 0 bridgehead atoms. The minimum Gasteiger partial charge on any atom is -0.494 e. The quantitative estimate of drug-likeness (QED) is 0.676. The molecule has 0 spiro atoms. The maximum atomic E-state index is 11.9. The number of aromatic nitrogens is 2. The Labute approximate surface area is 152 Å². The Bertz CT molecular complexity index is 872. The fourth-order valence-electron chi connectivity index (χ4n) is 2.65. The van der Waals surface area contributed by atoms with Crippen LogP contribution in [0.5, 0.6) is 11.5 Å². The van der Waals surface area contributed by atoms with E-state index in [4.69, 9.17) is 9.47 Å². The molecule has 3 aromatic rings. The summed E-state index contributed by atoms with van der Waals surface area (Å²) in [6, 6.07) is 13.2. The molecular weight excluding hydrogens is 330 g/mol. The van der Waals surface area contributed by atoms with Crippen molar-refractivity contribution in [2.24, 2.45) is 0 Å². The second-order valence-electron chi connectivity index (χ2n) is 5.92.